The van der Waals surface area contributed by atoms with Crippen molar-refractivity contribution in [2.24, 2.45) is 5.92 Å². The molecule has 0 bridgehead atoms. The molecule has 1 saturated carbocycles. The normalized spacial score (nSPS) is 16.8. The Morgan fingerprint density at radius 2 is 2.47 bits per heavy atom. The maximum absolute atomic E-state index is 11.8. The van der Waals surface area contributed by atoms with Crippen LogP contribution in [0.1, 0.15) is 30.3 Å². The Bertz CT molecular complexity index is 412. The summed E-state index contributed by atoms with van der Waals surface area (Å²) >= 11 is 0. The zero-order valence-corrected chi connectivity index (χ0v) is 9.89. The third-order valence-electron chi connectivity index (χ3n) is 2.97. The molecule has 1 aromatic heterocycles. The van der Waals surface area contributed by atoms with E-state index in [-0.39, 0.29) is 18.1 Å². The van der Waals surface area contributed by atoms with Crippen molar-refractivity contribution in [1.82, 2.24) is 15.1 Å². The highest BCUT2D eigenvalue weighted by atomic mass is 16.3. The van der Waals surface area contributed by atoms with Gasteiger partial charge >= 0.3 is 0 Å². The first-order valence-corrected chi connectivity index (χ1v) is 5.91. The zero-order chi connectivity index (χ0) is 12.4. The van der Waals surface area contributed by atoms with Gasteiger partial charge in [0.15, 0.2) is 5.69 Å². The van der Waals surface area contributed by atoms with Crippen LogP contribution in [-0.4, -0.2) is 33.4 Å². The quantitative estimate of drug-likeness (QED) is 0.672. The number of rotatable bonds is 5. The summed E-state index contributed by atoms with van der Waals surface area (Å²) in [5.74, 6) is 0.0234. The molecule has 17 heavy (non-hydrogen) atoms. The van der Waals surface area contributed by atoms with E-state index >= 15 is 0 Å². The molecule has 1 heterocycles. The molecule has 1 atom stereocenters. The number of carbonyl (C=O) groups is 1. The highest BCUT2D eigenvalue weighted by molar-refractivity contribution is 5.96. The van der Waals surface area contributed by atoms with Crippen LogP contribution < -0.4 is 11.1 Å². The van der Waals surface area contributed by atoms with Crippen molar-refractivity contribution >= 4 is 11.6 Å². The van der Waals surface area contributed by atoms with Crippen molar-refractivity contribution in [3.8, 4) is 0 Å². The largest absolute Gasteiger partial charge is 0.396 e. The van der Waals surface area contributed by atoms with E-state index in [0.717, 1.165) is 12.8 Å². The Morgan fingerprint density at radius 1 is 1.76 bits per heavy atom. The van der Waals surface area contributed by atoms with Gasteiger partial charge in [-0.1, -0.05) is 0 Å². The van der Waals surface area contributed by atoms with E-state index in [1.807, 2.05) is 6.92 Å². The first-order valence-electron chi connectivity index (χ1n) is 5.91. The predicted molar refractivity (Wildman–Crippen MR) is 63.4 cm³/mol. The number of hydrogen-bond acceptors (Lipinski definition) is 4. The average molecular weight is 238 g/mol. The summed E-state index contributed by atoms with van der Waals surface area (Å²) in [4.78, 5) is 11.8. The van der Waals surface area contributed by atoms with Crippen molar-refractivity contribution < 1.29 is 9.90 Å². The number of nitrogens with one attached hydrogen (secondary N) is 1. The Morgan fingerprint density at radius 3 is 3.00 bits per heavy atom. The molecule has 1 aromatic rings. The van der Waals surface area contributed by atoms with Gasteiger partial charge in [-0.15, -0.1) is 0 Å². The highest BCUT2D eigenvalue weighted by Gasteiger charge is 2.30. The molecule has 0 radical (unpaired) electrons. The number of carbonyl (C=O) groups excluding carboxylic acids is 1. The van der Waals surface area contributed by atoms with Gasteiger partial charge in [0, 0.05) is 19.3 Å². The molecule has 1 aliphatic rings. The second kappa shape index (κ2) is 4.75. The van der Waals surface area contributed by atoms with Crippen molar-refractivity contribution in [3.63, 3.8) is 0 Å². The molecular formula is C11H18N4O2. The standard InChI is InChI=1S/C11H18N4O2/c1-2-15-6-8(12)10(14-15)11(17)13-5-9(16)7-3-4-7/h6-7,9,16H,2-5,12H2,1H3,(H,13,17). The van der Waals surface area contributed by atoms with Gasteiger partial charge in [0.05, 0.1) is 11.8 Å². The Hall–Kier alpha value is -1.56. The van der Waals surface area contributed by atoms with Gasteiger partial charge in [-0.05, 0) is 25.7 Å². The fourth-order valence-electron chi connectivity index (χ4n) is 1.70. The van der Waals surface area contributed by atoms with E-state index in [2.05, 4.69) is 10.4 Å². The maximum atomic E-state index is 11.8. The lowest BCUT2D eigenvalue weighted by molar-refractivity contribution is 0.0896. The number of anilines is 1. The van der Waals surface area contributed by atoms with Crippen molar-refractivity contribution in [2.45, 2.75) is 32.4 Å². The number of nitrogens with zero attached hydrogens (tertiary/aromatic N) is 2. The fourth-order valence-corrected chi connectivity index (χ4v) is 1.70. The summed E-state index contributed by atoms with van der Waals surface area (Å²) in [5.41, 5.74) is 6.29. The number of aromatic nitrogens is 2. The number of amides is 1. The van der Waals surface area contributed by atoms with Crippen molar-refractivity contribution in [2.75, 3.05) is 12.3 Å². The fraction of sp³-hybridized carbons (Fsp3) is 0.636. The Labute approximate surface area is 99.8 Å². The Kier molecular flexibility index (Phi) is 3.33. The third-order valence-corrected chi connectivity index (χ3v) is 2.97. The number of aryl methyl sites for hydroxylation is 1. The van der Waals surface area contributed by atoms with Gasteiger partial charge in [-0.25, -0.2) is 0 Å². The topological polar surface area (TPSA) is 93.2 Å². The number of nitrogens with two attached hydrogens (primary N) is 1. The number of aliphatic hydroxyl groups is 1. The smallest absolute Gasteiger partial charge is 0.274 e. The van der Waals surface area contributed by atoms with Crippen molar-refractivity contribution in [1.29, 1.82) is 0 Å². The van der Waals surface area contributed by atoms with Gasteiger partial charge in [-0.3, -0.25) is 9.48 Å². The van der Waals surface area contributed by atoms with Gasteiger partial charge < -0.3 is 16.2 Å². The van der Waals surface area contributed by atoms with Gasteiger partial charge in [0.1, 0.15) is 0 Å². The first-order chi connectivity index (χ1) is 8.11. The van der Waals surface area contributed by atoms with Crippen LogP contribution in [0.3, 0.4) is 0 Å². The molecule has 2 rings (SSSR count). The molecule has 1 amide bonds. The number of aliphatic hydroxyl groups excluding tert-OH is 1. The summed E-state index contributed by atoms with van der Waals surface area (Å²) in [7, 11) is 0. The van der Waals surface area contributed by atoms with Gasteiger partial charge in [-0.2, -0.15) is 5.10 Å². The Balaban J connectivity index is 1.91. The minimum absolute atomic E-state index is 0.231. The second-order valence-electron chi connectivity index (χ2n) is 4.40. The first kappa shape index (κ1) is 11.9. The minimum atomic E-state index is -0.451. The molecule has 1 aliphatic carbocycles. The molecule has 1 unspecified atom stereocenters. The summed E-state index contributed by atoms with van der Waals surface area (Å²) < 4.78 is 1.61. The summed E-state index contributed by atoms with van der Waals surface area (Å²) in [6, 6.07) is 0. The summed E-state index contributed by atoms with van der Waals surface area (Å²) in [5, 5.41) is 16.4. The van der Waals surface area contributed by atoms with Crippen LogP contribution in [0.4, 0.5) is 5.69 Å². The third kappa shape index (κ3) is 2.76. The van der Waals surface area contributed by atoms with E-state index in [1.54, 1.807) is 10.9 Å². The average Bonchev–Trinajstić information content (AvgIpc) is 3.09. The molecule has 94 valence electrons. The lowest BCUT2D eigenvalue weighted by Crippen LogP contribution is -2.33. The van der Waals surface area contributed by atoms with E-state index < -0.39 is 6.10 Å². The lowest BCUT2D eigenvalue weighted by Gasteiger charge is -2.09. The van der Waals surface area contributed by atoms with Crippen LogP contribution >= 0.6 is 0 Å². The lowest BCUT2D eigenvalue weighted by atomic mass is 10.2. The van der Waals surface area contributed by atoms with Crippen LogP contribution in [0.2, 0.25) is 0 Å². The van der Waals surface area contributed by atoms with Crippen LogP contribution in [0.25, 0.3) is 0 Å². The van der Waals surface area contributed by atoms with Crippen LogP contribution in [0, 0.1) is 5.92 Å². The minimum Gasteiger partial charge on any atom is -0.396 e. The highest BCUT2D eigenvalue weighted by Crippen LogP contribution is 2.32. The molecule has 0 aromatic carbocycles. The van der Waals surface area contributed by atoms with E-state index in [9.17, 15) is 9.90 Å². The maximum Gasteiger partial charge on any atom is 0.274 e. The SMILES string of the molecule is CCn1cc(N)c(C(=O)NCC(O)C2CC2)n1. The molecule has 6 nitrogen and oxygen atoms in total. The molecule has 4 N–H and O–H groups in total. The second-order valence-corrected chi connectivity index (χ2v) is 4.40. The van der Waals surface area contributed by atoms with Crippen LogP contribution in [0.5, 0.6) is 0 Å². The summed E-state index contributed by atoms with van der Waals surface area (Å²) in [6.45, 7) is 2.86. The van der Waals surface area contributed by atoms with Gasteiger partial charge in [0.2, 0.25) is 0 Å². The summed E-state index contributed by atoms with van der Waals surface area (Å²) in [6.07, 6.45) is 3.27. The molecule has 0 spiro atoms. The van der Waals surface area contributed by atoms with Crippen molar-refractivity contribution in [3.05, 3.63) is 11.9 Å². The molecular weight excluding hydrogens is 220 g/mol. The van der Waals surface area contributed by atoms with E-state index in [1.165, 1.54) is 0 Å². The zero-order valence-electron chi connectivity index (χ0n) is 9.89. The van der Waals surface area contributed by atoms with E-state index in [4.69, 9.17) is 5.73 Å². The van der Waals surface area contributed by atoms with E-state index in [0.29, 0.717) is 18.2 Å². The molecule has 0 aliphatic heterocycles. The van der Waals surface area contributed by atoms with Crippen LogP contribution in [0.15, 0.2) is 6.20 Å². The van der Waals surface area contributed by atoms with Crippen LogP contribution in [-0.2, 0) is 6.54 Å². The molecule has 6 heteroatoms. The number of nitrogen functional groups attached to an aromatic ring is 1. The molecule has 0 saturated heterocycles. The number of hydrogen-bond donors (Lipinski definition) is 3. The monoisotopic (exact) mass is 238 g/mol. The van der Waals surface area contributed by atoms with Gasteiger partial charge in [0.25, 0.3) is 5.91 Å². The molecule has 1 fully saturated rings. The predicted octanol–water partition coefficient (Wildman–Crippen LogP) is -0.0141.